The first-order valence-electron chi connectivity index (χ1n) is 8.88. The van der Waals surface area contributed by atoms with Crippen LogP contribution in [0.25, 0.3) is 0 Å². The van der Waals surface area contributed by atoms with E-state index in [0.29, 0.717) is 12.8 Å². The molecule has 3 aliphatic rings. The fourth-order valence-corrected chi connectivity index (χ4v) is 4.45. The Hall–Kier alpha value is -3.04. The molecule has 1 amide bonds. The largest absolute Gasteiger partial charge is 0.519 e. The number of carbonyl (C=O) groups excluding carboxylic acids is 3. The lowest BCUT2D eigenvalue weighted by Crippen LogP contribution is -2.52. The molecule has 2 unspecified atom stereocenters. The lowest BCUT2D eigenvalue weighted by molar-refractivity contribution is -0.149. The Balaban J connectivity index is 1.46. The molecule has 1 spiro atoms. The first-order valence-corrected chi connectivity index (χ1v) is 8.88. The summed E-state index contributed by atoms with van der Waals surface area (Å²) < 4.78 is 25.0. The van der Waals surface area contributed by atoms with Crippen LogP contribution in [0.2, 0.25) is 0 Å². The summed E-state index contributed by atoms with van der Waals surface area (Å²) in [6.45, 7) is 4.57. The van der Waals surface area contributed by atoms with Crippen molar-refractivity contribution >= 4 is 18.0 Å². The molecule has 3 fully saturated rings. The van der Waals surface area contributed by atoms with Crippen LogP contribution in [0.4, 0.5) is 4.79 Å². The van der Waals surface area contributed by atoms with Gasteiger partial charge < -0.3 is 23.0 Å². The number of hydrogen-bond acceptors (Lipinski definition) is 9. The summed E-state index contributed by atoms with van der Waals surface area (Å²) in [6, 6.07) is 0. The van der Waals surface area contributed by atoms with Gasteiger partial charge in [0.25, 0.3) is 0 Å². The molecule has 0 bridgehead atoms. The molecule has 1 aromatic rings. The van der Waals surface area contributed by atoms with Gasteiger partial charge in [0.15, 0.2) is 30.4 Å². The van der Waals surface area contributed by atoms with Crippen LogP contribution < -0.4 is 5.82 Å². The number of nitrogens with zero attached hydrogens (tertiary/aromatic N) is 1. The van der Waals surface area contributed by atoms with Gasteiger partial charge in [-0.3, -0.25) is 9.69 Å². The number of carbonyl (C=O) groups is 3. The van der Waals surface area contributed by atoms with E-state index in [4.69, 9.17) is 23.0 Å². The number of esters is 2. The topological polar surface area (TPSA) is 125 Å². The summed E-state index contributed by atoms with van der Waals surface area (Å²) in [5.74, 6) is -2.54. The molecule has 1 aromatic heterocycles. The molecule has 10 heteroatoms. The van der Waals surface area contributed by atoms with Gasteiger partial charge in [-0.15, -0.1) is 0 Å². The number of ether oxygens (including phenoxy) is 3. The molecule has 0 radical (unpaired) electrons. The van der Waals surface area contributed by atoms with Crippen LogP contribution in [-0.4, -0.2) is 41.8 Å². The lowest BCUT2D eigenvalue weighted by Gasteiger charge is -2.31. The zero-order valence-electron chi connectivity index (χ0n) is 15.2. The molecule has 2 saturated carbocycles. The van der Waals surface area contributed by atoms with Crippen molar-refractivity contribution in [1.29, 1.82) is 0 Å². The minimum atomic E-state index is -1.20. The molecule has 4 rings (SSSR count). The van der Waals surface area contributed by atoms with Crippen molar-refractivity contribution < 1.29 is 37.4 Å². The molecule has 0 N–H and O–H groups in total. The van der Waals surface area contributed by atoms with Crippen molar-refractivity contribution in [2.45, 2.75) is 31.9 Å². The second-order valence-electron chi connectivity index (χ2n) is 7.07. The van der Waals surface area contributed by atoms with E-state index < -0.39 is 35.3 Å². The quantitative estimate of drug-likeness (QED) is 0.411. The average Bonchev–Trinajstić information content (AvgIpc) is 2.91. The summed E-state index contributed by atoms with van der Waals surface area (Å²) in [5.41, 5.74) is -1.20. The van der Waals surface area contributed by atoms with Gasteiger partial charge in [0.2, 0.25) is 0 Å². The number of aryl methyl sites for hydroxylation is 1. The number of fused-ring (bicyclic) bond motifs is 2. The highest BCUT2D eigenvalue weighted by atomic mass is 16.6. The summed E-state index contributed by atoms with van der Waals surface area (Å²) in [4.78, 5) is 49.7. The first kappa shape index (κ1) is 18.3. The zero-order valence-corrected chi connectivity index (χ0v) is 15.2. The molecular formula is C18H19NO9. The standard InChI is InChI=1S/C18H19NO9/c1-3-6-24-16(22)19-8-26-15(21)18(19)5-4-10-12(13(10)18)14(20)25-7-11-9(2)27-17(23)28-11/h3,10,12-13H,1,4-8H2,2H3/t10?,12-,13?,18-/m0/s1. The normalized spacial score (nSPS) is 30.1. The molecule has 28 heavy (non-hydrogen) atoms. The maximum absolute atomic E-state index is 12.5. The molecule has 150 valence electrons. The van der Waals surface area contributed by atoms with Crippen LogP contribution in [0, 0.1) is 24.7 Å². The van der Waals surface area contributed by atoms with E-state index in [1.165, 1.54) is 17.9 Å². The summed E-state index contributed by atoms with van der Waals surface area (Å²) in [7, 11) is 0. The van der Waals surface area contributed by atoms with Crippen molar-refractivity contribution in [3.8, 4) is 0 Å². The lowest BCUT2D eigenvalue weighted by atomic mass is 9.89. The maximum Gasteiger partial charge on any atom is 0.519 e. The highest BCUT2D eigenvalue weighted by Crippen LogP contribution is 2.66. The van der Waals surface area contributed by atoms with E-state index in [1.807, 2.05) is 0 Å². The fraction of sp³-hybridized carbons (Fsp3) is 0.556. The Morgan fingerprint density at radius 1 is 1.32 bits per heavy atom. The van der Waals surface area contributed by atoms with Crippen LogP contribution in [-0.2, 0) is 30.4 Å². The Bertz CT molecular complexity index is 899. The van der Waals surface area contributed by atoms with Gasteiger partial charge in [0, 0.05) is 5.92 Å². The highest BCUT2D eigenvalue weighted by Gasteiger charge is 2.76. The van der Waals surface area contributed by atoms with Crippen molar-refractivity contribution in [3.63, 3.8) is 0 Å². The SMILES string of the molecule is C=CCOC(=O)N1COC(=O)[C@@]12CCC1C2[C@H]1C(=O)OCc1oc(=O)oc1C. The van der Waals surface area contributed by atoms with Gasteiger partial charge in [-0.05, 0) is 25.7 Å². The van der Waals surface area contributed by atoms with Crippen LogP contribution in [0.3, 0.4) is 0 Å². The van der Waals surface area contributed by atoms with Crippen molar-refractivity contribution in [2.24, 2.45) is 17.8 Å². The smallest absolute Gasteiger partial charge is 0.457 e. The van der Waals surface area contributed by atoms with E-state index in [9.17, 15) is 19.2 Å². The summed E-state index contributed by atoms with van der Waals surface area (Å²) in [5, 5.41) is 0. The summed E-state index contributed by atoms with van der Waals surface area (Å²) in [6.07, 6.45) is 1.74. The average molecular weight is 393 g/mol. The number of amides is 1. The van der Waals surface area contributed by atoms with E-state index in [1.54, 1.807) is 0 Å². The molecule has 2 heterocycles. The molecular weight excluding hydrogens is 374 g/mol. The number of hydrogen-bond donors (Lipinski definition) is 0. The molecule has 4 atom stereocenters. The second kappa shape index (κ2) is 6.54. The monoisotopic (exact) mass is 393 g/mol. The third kappa shape index (κ3) is 2.62. The second-order valence-corrected chi connectivity index (χ2v) is 7.07. The van der Waals surface area contributed by atoms with Crippen LogP contribution in [0.15, 0.2) is 26.3 Å². The van der Waals surface area contributed by atoms with Gasteiger partial charge in [-0.2, -0.15) is 0 Å². The van der Waals surface area contributed by atoms with Gasteiger partial charge in [0.05, 0.1) is 5.92 Å². The third-order valence-electron chi connectivity index (χ3n) is 5.74. The predicted octanol–water partition coefficient (Wildman–Crippen LogP) is 1.12. The molecule has 1 aliphatic heterocycles. The molecule has 2 aliphatic carbocycles. The fourth-order valence-electron chi connectivity index (χ4n) is 4.45. The number of cyclic esters (lactones) is 1. The third-order valence-corrected chi connectivity index (χ3v) is 5.74. The van der Waals surface area contributed by atoms with Gasteiger partial charge in [0.1, 0.15) is 6.61 Å². The van der Waals surface area contributed by atoms with Gasteiger partial charge >= 0.3 is 23.9 Å². The Kier molecular flexibility index (Phi) is 4.28. The first-order chi connectivity index (χ1) is 13.4. The minimum absolute atomic E-state index is 0.00836. The Morgan fingerprint density at radius 2 is 2.11 bits per heavy atom. The number of rotatable bonds is 5. The van der Waals surface area contributed by atoms with E-state index >= 15 is 0 Å². The maximum atomic E-state index is 12.5. The van der Waals surface area contributed by atoms with E-state index in [-0.39, 0.29) is 43.3 Å². The van der Waals surface area contributed by atoms with E-state index in [0.717, 1.165) is 0 Å². The van der Waals surface area contributed by atoms with Crippen molar-refractivity contribution in [3.05, 3.63) is 34.8 Å². The summed E-state index contributed by atoms with van der Waals surface area (Å²) >= 11 is 0. The Labute approximate surface area is 159 Å². The van der Waals surface area contributed by atoms with Gasteiger partial charge in [-0.25, -0.2) is 14.4 Å². The van der Waals surface area contributed by atoms with Crippen molar-refractivity contribution in [2.75, 3.05) is 13.3 Å². The molecule has 0 aromatic carbocycles. The van der Waals surface area contributed by atoms with Crippen LogP contribution >= 0.6 is 0 Å². The van der Waals surface area contributed by atoms with Crippen LogP contribution in [0.1, 0.15) is 24.4 Å². The van der Waals surface area contributed by atoms with Crippen LogP contribution in [0.5, 0.6) is 0 Å². The zero-order chi connectivity index (χ0) is 20.1. The highest BCUT2D eigenvalue weighted by molar-refractivity contribution is 5.92. The molecule has 1 saturated heterocycles. The molecule has 10 nitrogen and oxygen atoms in total. The van der Waals surface area contributed by atoms with Gasteiger partial charge in [-0.1, -0.05) is 12.7 Å². The minimum Gasteiger partial charge on any atom is -0.457 e. The van der Waals surface area contributed by atoms with Crippen molar-refractivity contribution in [1.82, 2.24) is 4.90 Å². The predicted molar refractivity (Wildman–Crippen MR) is 88.6 cm³/mol. The Morgan fingerprint density at radius 3 is 2.79 bits per heavy atom. The van der Waals surface area contributed by atoms with E-state index in [2.05, 4.69) is 6.58 Å².